The lowest BCUT2D eigenvalue weighted by molar-refractivity contribution is 0.0691. The van der Waals surface area contributed by atoms with Crippen LogP contribution in [0.2, 0.25) is 0 Å². The van der Waals surface area contributed by atoms with E-state index in [0.29, 0.717) is 16.3 Å². The number of benzene rings is 2. The van der Waals surface area contributed by atoms with Gasteiger partial charge in [-0.15, -0.1) is 11.3 Å². The van der Waals surface area contributed by atoms with Gasteiger partial charge in [-0.1, -0.05) is 32.0 Å². The summed E-state index contributed by atoms with van der Waals surface area (Å²) in [6.45, 7) is 6.63. The molecule has 0 spiro atoms. The number of thiazole rings is 1. The lowest BCUT2D eigenvalue weighted by Crippen LogP contribution is -2.20. The lowest BCUT2D eigenvalue weighted by Gasteiger charge is -2.34. The minimum atomic E-state index is -4.18. The van der Waals surface area contributed by atoms with Gasteiger partial charge in [0.15, 0.2) is 5.03 Å². The maximum absolute atomic E-state index is 14.2. The Morgan fingerprint density at radius 1 is 1.22 bits per heavy atom. The molecule has 4 rings (SSSR count). The van der Waals surface area contributed by atoms with Crippen molar-refractivity contribution in [3.63, 3.8) is 0 Å². The highest BCUT2D eigenvalue weighted by Crippen LogP contribution is 2.43. The van der Waals surface area contributed by atoms with E-state index in [2.05, 4.69) is 35.7 Å². The molecule has 1 fully saturated rings. The number of hydrogen-bond acceptors (Lipinski definition) is 6. The summed E-state index contributed by atoms with van der Waals surface area (Å²) in [7, 11) is -2.94. The number of aryl methyl sites for hydroxylation is 1. The minimum Gasteiger partial charge on any atom is -0.495 e. The fourth-order valence-corrected chi connectivity index (χ4v) is 6.83. The molecule has 36 heavy (non-hydrogen) atoms. The Hall–Kier alpha value is -2.98. The average molecular weight is 533 g/mol. The monoisotopic (exact) mass is 532 g/mol. The van der Waals surface area contributed by atoms with E-state index in [1.54, 1.807) is 0 Å². The van der Waals surface area contributed by atoms with Crippen LogP contribution >= 0.6 is 11.3 Å². The van der Waals surface area contributed by atoms with Gasteiger partial charge in [-0.25, -0.2) is 14.2 Å². The van der Waals surface area contributed by atoms with Gasteiger partial charge in [0.1, 0.15) is 16.6 Å². The number of ether oxygens (including phenoxy) is 1. The van der Waals surface area contributed by atoms with Crippen molar-refractivity contribution in [2.45, 2.75) is 57.4 Å². The summed E-state index contributed by atoms with van der Waals surface area (Å²) in [6.07, 6.45) is 4.73. The summed E-state index contributed by atoms with van der Waals surface area (Å²) in [6, 6.07) is 7.99. The first kappa shape index (κ1) is 26.1. The van der Waals surface area contributed by atoms with Crippen molar-refractivity contribution in [3.8, 4) is 16.3 Å². The highest BCUT2D eigenvalue weighted by Gasteiger charge is 2.28. The normalized spacial score (nSPS) is 16.0. The predicted octanol–water partition coefficient (Wildman–Crippen LogP) is 6.45. The number of aromatic nitrogens is 1. The molecular formula is C26H29FN2O5S2. The zero-order valence-electron chi connectivity index (χ0n) is 20.6. The van der Waals surface area contributed by atoms with Gasteiger partial charge in [0.25, 0.3) is 10.0 Å². The molecule has 1 aromatic heterocycles. The third-order valence-corrected chi connectivity index (χ3v) is 9.09. The van der Waals surface area contributed by atoms with E-state index in [4.69, 9.17) is 9.84 Å². The molecule has 0 saturated heterocycles. The Morgan fingerprint density at radius 2 is 1.92 bits per heavy atom. The Balaban J connectivity index is 1.56. The third-order valence-electron chi connectivity index (χ3n) is 6.81. The smallest absolute Gasteiger partial charge is 0.338 e. The molecule has 1 aliphatic rings. The second kappa shape index (κ2) is 9.82. The maximum atomic E-state index is 14.2. The lowest BCUT2D eigenvalue weighted by atomic mass is 9.71. The fourth-order valence-electron chi connectivity index (χ4n) is 4.58. The van der Waals surface area contributed by atoms with Gasteiger partial charge in [-0.3, -0.25) is 4.72 Å². The molecule has 2 aromatic carbocycles. The number of halogens is 1. The second-order valence-corrected chi connectivity index (χ2v) is 12.4. The number of carboxylic acid groups (broad SMARTS) is 1. The fraction of sp³-hybridized carbons (Fsp3) is 0.385. The Kier molecular flexibility index (Phi) is 7.12. The molecule has 10 heteroatoms. The zero-order chi connectivity index (χ0) is 26.3. The Bertz CT molecular complexity index is 1410. The number of carbonyl (C=O) groups is 1. The molecule has 0 amide bonds. The van der Waals surface area contributed by atoms with Crippen LogP contribution in [-0.2, 0) is 10.0 Å². The maximum Gasteiger partial charge on any atom is 0.338 e. The quantitative estimate of drug-likeness (QED) is 0.362. The SMILES string of the molecule is COc1cc(C(=O)O)c(F)cc1NS(=O)(=O)c1csc(-c2ccc(C3CCC(C)(C)CC3)cc2C)n1. The highest BCUT2D eigenvalue weighted by molar-refractivity contribution is 7.92. The molecule has 1 aliphatic carbocycles. The second-order valence-electron chi connectivity index (χ2n) is 9.95. The molecule has 0 unspecified atom stereocenters. The van der Waals surface area contributed by atoms with E-state index in [0.717, 1.165) is 36.1 Å². The molecule has 7 nitrogen and oxygen atoms in total. The average Bonchev–Trinajstić information content (AvgIpc) is 3.30. The Labute approximate surface area is 214 Å². The molecule has 0 atom stereocenters. The van der Waals surface area contributed by atoms with E-state index in [9.17, 15) is 17.6 Å². The zero-order valence-corrected chi connectivity index (χ0v) is 22.2. The number of carboxylic acids is 1. The van der Waals surface area contributed by atoms with Gasteiger partial charge in [-0.2, -0.15) is 8.42 Å². The molecule has 0 aliphatic heterocycles. The van der Waals surface area contributed by atoms with Crippen LogP contribution in [0.1, 0.15) is 66.9 Å². The molecule has 1 saturated carbocycles. The number of methoxy groups -OCH3 is 1. The van der Waals surface area contributed by atoms with Crippen molar-refractivity contribution in [1.82, 2.24) is 4.98 Å². The number of hydrogen-bond donors (Lipinski definition) is 2. The number of anilines is 1. The van der Waals surface area contributed by atoms with Gasteiger partial charge in [0, 0.05) is 17.0 Å². The summed E-state index contributed by atoms with van der Waals surface area (Å²) >= 11 is 1.20. The predicted molar refractivity (Wildman–Crippen MR) is 138 cm³/mol. The molecule has 0 radical (unpaired) electrons. The highest BCUT2D eigenvalue weighted by atomic mass is 32.2. The molecule has 192 valence electrons. The number of nitrogens with one attached hydrogen (secondary N) is 1. The van der Waals surface area contributed by atoms with Gasteiger partial charge in [0.05, 0.1) is 18.4 Å². The van der Waals surface area contributed by atoms with Crippen LogP contribution in [0.25, 0.3) is 10.6 Å². The minimum absolute atomic E-state index is 0.120. The summed E-state index contributed by atoms with van der Waals surface area (Å²) in [5.41, 5.74) is 2.74. The van der Waals surface area contributed by atoms with Crippen LogP contribution in [0, 0.1) is 18.2 Å². The molecule has 2 N–H and O–H groups in total. The summed E-state index contributed by atoms with van der Waals surface area (Å²) in [4.78, 5) is 15.5. The van der Waals surface area contributed by atoms with Crippen LogP contribution in [0.5, 0.6) is 5.75 Å². The van der Waals surface area contributed by atoms with Crippen molar-refractivity contribution in [2.24, 2.45) is 5.41 Å². The van der Waals surface area contributed by atoms with Crippen LogP contribution < -0.4 is 9.46 Å². The standard InChI is InChI=1S/C26H29FN2O5S2/c1-15-11-17(16-7-9-26(2,3)10-8-16)5-6-18(15)24-28-23(14-35-24)36(32,33)29-21-13-20(27)19(25(30)31)12-22(21)34-4/h5-6,11-14,16,29H,7-10H2,1-4H3,(H,30,31). The first-order valence-electron chi connectivity index (χ1n) is 11.6. The summed E-state index contributed by atoms with van der Waals surface area (Å²) < 4.78 is 47.5. The third kappa shape index (κ3) is 5.39. The number of nitrogens with zero attached hydrogens (tertiary/aromatic N) is 1. The van der Waals surface area contributed by atoms with Crippen molar-refractivity contribution >= 4 is 33.0 Å². The number of aromatic carboxylic acids is 1. The van der Waals surface area contributed by atoms with Gasteiger partial charge >= 0.3 is 5.97 Å². The summed E-state index contributed by atoms with van der Waals surface area (Å²) in [5, 5.41) is 10.9. The van der Waals surface area contributed by atoms with Gasteiger partial charge in [0.2, 0.25) is 0 Å². The van der Waals surface area contributed by atoms with Crippen LogP contribution in [-0.4, -0.2) is 31.6 Å². The van der Waals surface area contributed by atoms with E-state index >= 15 is 0 Å². The van der Waals surface area contributed by atoms with E-state index in [1.165, 1.54) is 42.2 Å². The first-order chi connectivity index (χ1) is 16.9. The van der Waals surface area contributed by atoms with Crippen LogP contribution in [0.4, 0.5) is 10.1 Å². The molecule has 0 bridgehead atoms. The van der Waals surface area contributed by atoms with Crippen molar-refractivity contribution < 1.29 is 27.4 Å². The Morgan fingerprint density at radius 3 is 2.53 bits per heavy atom. The first-order valence-corrected chi connectivity index (χ1v) is 14.0. The van der Waals surface area contributed by atoms with E-state index in [-0.39, 0.29) is 16.5 Å². The van der Waals surface area contributed by atoms with Crippen molar-refractivity contribution in [3.05, 3.63) is 58.2 Å². The van der Waals surface area contributed by atoms with Gasteiger partial charge in [-0.05, 0) is 61.1 Å². The molecule has 1 heterocycles. The number of rotatable bonds is 7. The summed E-state index contributed by atoms with van der Waals surface area (Å²) in [5.74, 6) is -2.16. The molecular weight excluding hydrogens is 503 g/mol. The van der Waals surface area contributed by atoms with E-state index in [1.807, 2.05) is 13.0 Å². The topological polar surface area (TPSA) is 106 Å². The van der Waals surface area contributed by atoms with Crippen molar-refractivity contribution in [1.29, 1.82) is 0 Å². The van der Waals surface area contributed by atoms with E-state index < -0.39 is 27.4 Å². The number of sulfonamides is 1. The molecule has 3 aromatic rings. The van der Waals surface area contributed by atoms with Gasteiger partial charge < -0.3 is 9.84 Å². The van der Waals surface area contributed by atoms with Crippen LogP contribution in [0.3, 0.4) is 0 Å². The largest absolute Gasteiger partial charge is 0.495 e. The van der Waals surface area contributed by atoms with Crippen LogP contribution in [0.15, 0.2) is 40.7 Å². The van der Waals surface area contributed by atoms with Crippen molar-refractivity contribution in [2.75, 3.05) is 11.8 Å².